The molecule has 0 saturated carbocycles. The normalized spacial score (nSPS) is 12.6. The van der Waals surface area contributed by atoms with Gasteiger partial charge in [0.2, 0.25) is 5.91 Å². The lowest BCUT2D eigenvalue weighted by Crippen LogP contribution is -2.49. The van der Waals surface area contributed by atoms with E-state index in [-0.39, 0.29) is 37.5 Å². The van der Waals surface area contributed by atoms with Crippen molar-refractivity contribution in [2.45, 2.75) is 44.3 Å². The predicted octanol–water partition coefficient (Wildman–Crippen LogP) is 9.96. The van der Waals surface area contributed by atoms with E-state index < -0.39 is 24.1 Å². The van der Waals surface area contributed by atoms with Crippen molar-refractivity contribution >= 4 is 17.9 Å². The number of alkyl carbamates (subject to hydrolysis) is 1. The second kappa shape index (κ2) is 20.8. The lowest BCUT2D eigenvalue weighted by molar-refractivity contribution is -0.124. The van der Waals surface area contributed by atoms with Gasteiger partial charge in [-0.3, -0.25) is 9.59 Å². The van der Waals surface area contributed by atoms with Crippen LogP contribution in [0, 0.1) is 13.8 Å². The zero-order valence-electron chi connectivity index (χ0n) is 37.5. The maximum Gasteiger partial charge on any atom is 0.407 e. The summed E-state index contributed by atoms with van der Waals surface area (Å²) >= 11 is 0. The van der Waals surface area contributed by atoms with Gasteiger partial charge in [-0.25, -0.2) is 4.79 Å². The van der Waals surface area contributed by atoms with Crippen LogP contribution in [0.1, 0.15) is 68.1 Å². The minimum atomic E-state index is -1.01. The highest BCUT2D eigenvalue weighted by molar-refractivity contribution is 5.87. The Bertz CT molecular complexity index is 2680. The average molecular weight is 880 g/mol. The van der Waals surface area contributed by atoms with Crippen LogP contribution in [0.4, 0.5) is 4.79 Å². The van der Waals surface area contributed by atoms with E-state index in [1.807, 2.05) is 135 Å². The van der Waals surface area contributed by atoms with Crippen LogP contribution in [0.2, 0.25) is 0 Å². The molecule has 0 aromatic heterocycles. The second-order valence-corrected chi connectivity index (χ2v) is 16.4. The van der Waals surface area contributed by atoms with Crippen molar-refractivity contribution in [3.8, 4) is 28.4 Å². The largest absolute Gasteiger partial charge is 0.497 e. The van der Waals surface area contributed by atoms with E-state index in [1.54, 1.807) is 38.5 Å². The van der Waals surface area contributed by atoms with Crippen LogP contribution >= 0.6 is 0 Å². The Morgan fingerprint density at radius 3 is 1.70 bits per heavy atom. The van der Waals surface area contributed by atoms with Crippen molar-refractivity contribution in [3.05, 3.63) is 220 Å². The van der Waals surface area contributed by atoms with Crippen LogP contribution < -0.4 is 30.2 Å². The van der Waals surface area contributed by atoms with Crippen LogP contribution in [-0.2, 0) is 20.7 Å². The summed E-state index contributed by atoms with van der Waals surface area (Å²) in [5, 5.41) is 9.24. The number of carbonyl (C=O) groups is 3. The summed E-state index contributed by atoms with van der Waals surface area (Å²) < 4.78 is 23.3. The molecule has 1 aliphatic rings. The van der Waals surface area contributed by atoms with Crippen molar-refractivity contribution < 1.29 is 33.3 Å². The van der Waals surface area contributed by atoms with Gasteiger partial charge in [-0.2, -0.15) is 0 Å². The van der Waals surface area contributed by atoms with Crippen LogP contribution in [0.25, 0.3) is 11.1 Å². The minimum Gasteiger partial charge on any atom is -0.497 e. The predicted molar refractivity (Wildman–Crippen MR) is 256 cm³/mol. The molecule has 0 spiro atoms. The summed E-state index contributed by atoms with van der Waals surface area (Å²) in [6.45, 7) is 3.94. The number of nitrogens with one attached hydrogen (secondary N) is 3. The molecule has 1 aliphatic carbocycles. The molecule has 3 N–H and O–H groups in total. The number of fused-ring (bicyclic) bond motifs is 3. The number of hydrogen-bond donors (Lipinski definition) is 3. The zero-order valence-corrected chi connectivity index (χ0v) is 37.5. The smallest absolute Gasteiger partial charge is 0.407 e. The number of amides is 3. The Kier molecular flexibility index (Phi) is 14.1. The summed E-state index contributed by atoms with van der Waals surface area (Å²) in [6, 6.07) is 52.4. The van der Waals surface area contributed by atoms with Crippen molar-refractivity contribution in [2.75, 3.05) is 27.4 Å². The first-order valence-corrected chi connectivity index (χ1v) is 22.0. The van der Waals surface area contributed by atoms with Crippen molar-refractivity contribution in [3.63, 3.8) is 0 Å². The van der Waals surface area contributed by atoms with E-state index in [0.29, 0.717) is 28.4 Å². The quantitative estimate of drug-likeness (QED) is 0.0832. The van der Waals surface area contributed by atoms with Gasteiger partial charge >= 0.3 is 6.09 Å². The summed E-state index contributed by atoms with van der Waals surface area (Å²) in [4.78, 5) is 41.8. The summed E-state index contributed by atoms with van der Waals surface area (Å²) in [5.41, 5.74) is 10.8. The standard InChI is InChI=1S/C56H53N3O7/c1-36-18-22-39(23-19-36)53(40-24-20-37(2)21-25-40)58-52(60)35-65-42-28-26-41(27-29-42)54(48-31-30-43(63-3)33-51(48)64-4)59-55(61)50(32-38-12-6-5-7-13-38)57-56(62)66-34-49-46-16-10-8-14-44(46)45-15-9-11-17-47(45)49/h5-31,33,49-50,53-54H,32,34-35H2,1-4H3,(H,57,62)(H,58,60)(H,59,61)/t50-,54?/m0/s1. The number of benzene rings is 7. The number of hydrogen-bond acceptors (Lipinski definition) is 7. The molecule has 0 aliphatic heterocycles. The van der Waals surface area contributed by atoms with Gasteiger partial charge in [0.25, 0.3) is 5.91 Å². The first-order valence-electron chi connectivity index (χ1n) is 22.0. The number of aryl methyl sites for hydroxylation is 2. The first-order chi connectivity index (χ1) is 32.2. The fourth-order valence-electron chi connectivity index (χ4n) is 8.47. The van der Waals surface area contributed by atoms with Crippen LogP contribution in [0.5, 0.6) is 17.2 Å². The highest BCUT2D eigenvalue weighted by Gasteiger charge is 2.31. The van der Waals surface area contributed by atoms with E-state index in [4.69, 9.17) is 18.9 Å². The molecule has 7 aromatic rings. The molecule has 0 fully saturated rings. The van der Waals surface area contributed by atoms with E-state index in [0.717, 1.165) is 50.1 Å². The van der Waals surface area contributed by atoms with Gasteiger partial charge in [0, 0.05) is 24.0 Å². The number of carbonyl (C=O) groups excluding carboxylic acids is 3. The first kappa shape index (κ1) is 44.7. The molecular weight excluding hydrogens is 827 g/mol. The zero-order chi connectivity index (χ0) is 46.0. The third-order valence-electron chi connectivity index (χ3n) is 12.0. The molecule has 10 heteroatoms. The molecule has 1 unspecified atom stereocenters. The third kappa shape index (κ3) is 10.6. The minimum absolute atomic E-state index is 0.0986. The maximum atomic E-state index is 14.6. The SMILES string of the molecule is COc1ccc(C(NC(=O)[C@H](Cc2ccccc2)NC(=O)OCC2c3ccccc3-c3ccccc32)c2ccc(OCC(=O)NC(c3ccc(C)cc3)c3ccc(C)cc3)cc2)c(OC)c1. The number of rotatable bonds is 17. The Morgan fingerprint density at radius 2 is 1.11 bits per heavy atom. The lowest BCUT2D eigenvalue weighted by Gasteiger charge is -2.26. The van der Waals surface area contributed by atoms with Crippen LogP contribution in [0.15, 0.2) is 170 Å². The number of ether oxygens (including phenoxy) is 4. The highest BCUT2D eigenvalue weighted by Crippen LogP contribution is 2.44. The Balaban J connectivity index is 0.998. The van der Waals surface area contributed by atoms with Crippen LogP contribution in [0.3, 0.4) is 0 Å². The van der Waals surface area contributed by atoms with E-state index in [1.165, 1.54) is 0 Å². The van der Waals surface area contributed by atoms with Crippen molar-refractivity contribution in [2.24, 2.45) is 0 Å². The molecule has 2 atom stereocenters. The number of methoxy groups -OCH3 is 2. The monoisotopic (exact) mass is 879 g/mol. The lowest BCUT2D eigenvalue weighted by atomic mass is 9.96. The molecule has 0 saturated heterocycles. The molecule has 0 radical (unpaired) electrons. The molecule has 8 rings (SSSR count). The van der Waals surface area contributed by atoms with E-state index >= 15 is 0 Å². The molecule has 0 bridgehead atoms. The Morgan fingerprint density at radius 1 is 0.561 bits per heavy atom. The van der Waals surface area contributed by atoms with Crippen LogP contribution in [-0.4, -0.2) is 51.4 Å². The molecular formula is C56H53N3O7. The summed E-state index contributed by atoms with van der Waals surface area (Å²) in [5.74, 6) is 0.649. The fraction of sp³-hybridized carbons (Fsp3) is 0.196. The second-order valence-electron chi connectivity index (χ2n) is 16.4. The maximum absolute atomic E-state index is 14.6. The van der Waals surface area contributed by atoms with Gasteiger partial charge in [-0.1, -0.05) is 151 Å². The fourth-order valence-corrected chi connectivity index (χ4v) is 8.47. The summed E-state index contributed by atoms with van der Waals surface area (Å²) in [7, 11) is 3.12. The van der Waals surface area contributed by atoms with Gasteiger partial charge < -0.3 is 34.9 Å². The third-order valence-corrected chi connectivity index (χ3v) is 12.0. The van der Waals surface area contributed by atoms with E-state index in [2.05, 4.69) is 40.2 Å². The van der Waals surface area contributed by atoms with Crippen molar-refractivity contribution in [1.82, 2.24) is 16.0 Å². The molecule has 0 heterocycles. The topological polar surface area (TPSA) is 124 Å². The summed E-state index contributed by atoms with van der Waals surface area (Å²) in [6.07, 6.45) is -0.506. The average Bonchev–Trinajstić information content (AvgIpc) is 3.67. The Labute approximate surface area is 385 Å². The van der Waals surface area contributed by atoms with Gasteiger partial charge in [0.15, 0.2) is 6.61 Å². The Hall–Kier alpha value is -7.85. The molecule has 3 amide bonds. The molecule has 7 aromatic carbocycles. The van der Waals surface area contributed by atoms with E-state index in [9.17, 15) is 14.4 Å². The molecule has 334 valence electrons. The van der Waals surface area contributed by atoms with Crippen molar-refractivity contribution in [1.29, 1.82) is 0 Å². The molecule has 66 heavy (non-hydrogen) atoms. The van der Waals surface area contributed by atoms with Gasteiger partial charge in [0.05, 0.1) is 26.3 Å². The van der Waals surface area contributed by atoms with Gasteiger partial charge in [-0.15, -0.1) is 0 Å². The van der Waals surface area contributed by atoms with Gasteiger partial charge in [0.1, 0.15) is 29.9 Å². The molecule has 10 nitrogen and oxygen atoms in total. The highest BCUT2D eigenvalue weighted by atomic mass is 16.5. The van der Waals surface area contributed by atoms with Gasteiger partial charge in [-0.05, 0) is 82.6 Å².